The number of nitrogens with zero attached hydrogens (tertiary/aromatic N) is 2. The van der Waals surface area contributed by atoms with E-state index in [9.17, 15) is 9.59 Å². The number of nitrogens with one attached hydrogen (secondary N) is 1. The maximum absolute atomic E-state index is 12.8. The normalized spacial score (nSPS) is 16.6. The number of carbonyl (C=O) groups excluding carboxylic acids is 2. The fraction of sp³-hybridized carbons (Fsp3) is 0.350. The van der Waals surface area contributed by atoms with Crippen molar-refractivity contribution in [1.82, 2.24) is 9.88 Å². The molecule has 2 amide bonds. The SMILES string of the molecule is O=C1COc2ccc(C(=O)N3CCC(COc4ccc(Cl)nc4Cl)CC3)cc2N1. The van der Waals surface area contributed by atoms with Crippen LogP contribution in [0.25, 0.3) is 0 Å². The zero-order valence-corrected chi connectivity index (χ0v) is 17.0. The predicted octanol–water partition coefficient (Wildman–Crippen LogP) is 3.65. The van der Waals surface area contributed by atoms with E-state index in [-0.39, 0.29) is 23.6 Å². The molecule has 0 aliphatic carbocycles. The first-order valence-electron chi connectivity index (χ1n) is 9.30. The molecule has 2 aromatic rings. The average molecular weight is 436 g/mol. The molecule has 0 atom stereocenters. The molecule has 0 spiro atoms. The van der Waals surface area contributed by atoms with Gasteiger partial charge >= 0.3 is 0 Å². The molecule has 4 rings (SSSR count). The third-order valence-electron chi connectivity index (χ3n) is 5.02. The van der Waals surface area contributed by atoms with Crippen molar-refractivity contribution < 1.29 is 19.1 Å². The van der Waals surface area contributed by atoms with E-state index < -0.39 is 0 Å². The molecule has 1 saturated heterocycles. The Hall–Kier alpha value is -2.51. The summed E-state index contributed by atoms with van der Waals surface area (Å²) in [6.45, 7) is 1.78. The Kier molecular flexibility index (Phi) is 5.78. The molecule has 2 aliphatic rings. The van der Waals surface area contributed by atoms with E-state index in [2.05, 4.69) is 10.3 Å². The molecule has 2 aliphatic heterocycles. The van der Waals surface area contributed by atoms with E-state index in [1.165, 1.54) is 0 Å². The van der Waals surface area contributed by atoms with Gasteiger partial charge in [0, 0.05) is 18.7 Å². The number of benzene rings is 1. The van der Waals surface area contributed by atoms with Crippen LogP contribution < -0.4 is 14.8 Å². The van der Waals surface area contributed by atoms with Crippen LogP contribution in [-0.4, -0.2) is 48.0 Å². The van der Waals surface area contributed by atoms with Gasteiger partial charge in [0.25, 0.3) is 11.8 Å². The molecule has 0 saturated carbocycles. The third-order valence-corrected chi connectivity index (χ3v) is 5.50. The van der Waals surface area contributed by atoms with Crippen LogP contribution in [0.15, 0.2) is 30.3 Å². The minimum Gasteiger partial charge on any atom is -0.490 e. The van der Waals surface area contributed by atoms with Crippen molar-refractivity contribution >= 4 is 40.7 Å². The second-order valence-electron chi connectivity index (χ2n) is 7.02. The van der Waals surface area contributed by atoms with Gasteiger partial charge in [-0.1, -0.05) is 23.2 Å². The highest BCUT2D eigenvalue weighted by Gasteiger charge is 2.26. The van der Waals surface area contributed by atoms with E-state index in [1.54, 1.807) is 30.3 Å². The van der Waals surface area contributed by atoms with Crippen LogP contribution in [0.4, 0.5) is 5.69 Å². The lowest BCUT2D eigenvalue weighted by Crippen LogP contribution is -2.39. The highest BCUT2D eigenvalue weighted by atomic mass is 35.5. The number of rotatable bonds is 4. The van der Waals surface area contributed by atoms with Gasteiger partial charge in [-0.3, -0.25) is 9.59 Å². The lowest BCUT2D eigenvalue weighted by molar-refractivity contribution is -0.118. The second kappa shape index (κ2) is 8.47. The topological polar surface area (TPSA) is 80.8 Å². The van der Waals surface area contributed by atoms with Crippen LogP contribution in [0.2, 0.25) is 10.3 Å². The maximum Gasteiger partial charge on any atom is 0.262 e. The van der Waals surface area contributed by atoms with Crippen LogP contribution in [0.1, 0.15) is 23.2 Å². The van der Waals surface area contributed by atoms with E-state index in [0.717, 1.165) is 12.8 Å². The quantitative estimate of drug-likeness (QED) is 0.741. The fourth-order valence-corrected chi connectivity index (χ4v) is 3.82. The van der Waals surface area contributed by atoms with Gasteiger partial charge in [0.05, 0.1) is 12.3 Å². The summed E-state index contributed by atoms with van der Waals surface area (Å²) in [6, 6.07) is 8.44. The Balaban J connectivity index is 1.32. The summed E-state index contributed by atoms with van der Waals surface area (Å²) in [5.74, 6) is 1.12. The molecule has 1 aromatic heterocycles. The Bertz CT molecular complexity index is 945. The van der Waals surface area contributed by atoms with Gasteiger partial charge in [-0.15, -0.1) is 0 Å². The minimum atomic E-state index is -0.223. The summed E-state index contributed by atoms with van der Waals surface area (Å²) >= 11 is 11.8. The minimum absolute atomic E-state index is 0.00677. The number of anilines is 1. The Morgan fingerprint density at radius 2 is 2.03 bits per heavy atom. The molecule has 1 fully saturated rings. The zero-order chi connectivity index (χ0) is 20.4. The van der Waals surface area contributed by atoms with Crippen molar-refractivity contribution in [3.63, 3.8) is 0 Å². The smallest absolute Gasteiger partial charge is 0.262 e. The predicted molar refractivity (Wildman–Crippen MR) is 109 cm³/mol. The third kappa shape index (κ3) is 4.57. The molecule has 0 unspecified atom stereocenters. The number of piperidine rings is 1. The summed E-state index contributed by atoms with van der Waals surface area (Å²) in [6.07, 6.45) is 1.66. The van der Waals surface area contributed by atoms with Crippen LogP contribution in [0.5, 0.6) is 11.5 Å². The largest absolute Gasteiger partial charge is 0.490 e. The zero-order valence-electron chi connectivity index (χ0n) is 15.5. The van der Waals surface area contributed by atoms with Crippen molar-refractivity contribution in [3.05, 3.63) is 46.2 Å². The summed E-state index contributed by atoms with van der Waals surface area (Å²) < 4.78 is 11.1. The van der Waals surface area contributed by atoms with Crippen LogP contribution in [0.3, 0.4) is 0 Å². The summed E-state index contributed by atoms with van der Waals surface area (Å²) in [5.41, 5.74) is 1.06. The molecule has 1 N–H and O–H groups in total. The monoisotopic (exact) mass is 435 g/mol. The lowest BCUT2D eigenvalue weighted by atomic mass is 9.97. The molecule has 3 heterocycles. The molecule has 0 radical (unpaired) electrons. The van der Waals surface area contributed by atoms with Gasteiger partial charge in [0.15, 0.2) is 17.5 Å². The molecule has 1 aromatic carbocycles. The van der Waals surface area contributed by atoms with E-state index >= 15 is 0 Å². The van der Waals surface area contributed by atoms with Crippen LogP contribution in [-0.2, 0) is 4.79 Å². The lowest BCUT2D eigenvalue weighted by Gasteiger charge is -2.32. The molecular formula is C20H19Cl2N3O4. The number of fused-ring (bicyclic) bond motifs is 1. The summed E-state index contributed by atoms with van der Waals surface area (Å²) in [7, 11) is 0. The van der Waals surface area contributed by atoms with Crippen molar-refractivity contribution in [2.24, 2.45) is 5.92 Å². The average Bonchev–Trinajstić information content (AvgIpc) is 2.72. The van der Waals surface area contributed by atoms with Crippen LogP contribution >= 0.6 is 23.2 Å². The number of hydrogen-bond donors (Lipinski definition) is 1. The second-order valence-corrected chi connectivity index (χ2v) is 7.76. The van der Waals surface area contributed by atoms with Gasteiger partial charge in [-0.25, -0.2) is 4.98 Å². The Morgan fingerprint density at radius 1 is 1.24 bits per heavy atom. The number of pyridine rings is 1. The fourth-order valence-electron chi connectivity index (χ4n) is 3.42. The summed E-state index contributed by atoms with van der Waals surface area (Å²) in [4.78, 5) is 30.1. The number of hydrogen-bond acceptors (Lipinski definition) is 5. The number of halogens is 2. The summed E-state index contributed by atoms with van der Waals surface area (Å²) in [5, 5.41) is 3.30. The van der Waals surface area contributed by atoms with E-state index in [4.69, 9.17) is 32.7 Å². The molecule has 29 heavy (non-hydrogen) atoms. The first-order valence-corrected chi connectivity index (χ1v) is 10.1. The van der Waals surface area contributed by atoms with Crippen LogP contribution in [0, 0.1) is 5.92 Å². The van der Waals surface area contributed by atoms with E-state index in [0.29, 0.717) is 53.5 Å². The molecule has 0 bridgehead atoms. The van der Waals surface area contributed by atoms with Gasteiger partial charge in [0.1, 0.15) is 10.9 Å². The first-order chi connectivity index (χ1) is 14.0. The molecule has 7 nitrogen and oxygen atoms in total. The van der Waals surface area contributed by atoms with Crippen molar-refractivity contribution in [3.8, 4) is 11.5 Å². The van der Waals surface area contributed by atoms with Gasteiger partial charge in [0.2, 0.25) is 0 Å². The van der Waals surface area contributed by atoms with E-state index in [1.807, 2.05) is 4.90 Å². The number of amides is 2. The van der Waals surface area contributed by atoms with Gasteiger partial charge < -0.3 is 19.7 Å². The number of aromatic nitrogens is 1. The molecular weight excluding hydrogens is 417 g/mol. The number of likely N-dealkylation sites (tertiary alicyclic amines) is 1. The number of ether oxygens (including phenoxy) is 2. The standard InChI is InChI=1S/C20H19Cl2N3O4/c21-17-4-3-16(19(22)24-17)28-10-12-5-7-25(8-6-12)20(27)13-1-2-15-14(9-13)23-18(26)11-29-15/h1-4,9,12H,5-8,10-11H2,(H,23,26). The molecule has 9 heteroatoms. The Labute approximate surface area is 177 Å². The van der Waals surface area contributed by atoms with Gasteiger partial charge in [-0.05, 0) is 49.1 Å². The first kappa shape index (κ1) is 19.8. The van der Waals surface area contributed by atoms with Gasteiger partial charge in [-0.2, -0.15) is 0 Å². The highest BCUT2D eigenvalue weighted by Crippen LogP contribution is 2.30. The molecule has 152 valence electrons. The maximum atomic E-state index is 12.8. The van der Waals surface area contributed by atoms with Crippen molar-refractivity contribution in [2.45, 2.75) is 12.8 Å². The van der Waals surface area contributed by atoms with Crippen molar-refractivity contribution in [1.29, 1.82) is 0 Å². The number of carbonyl (C=O) groups is 2. The Morgan fingerprint density at radius 3 is 2.79 bits per heavy atom. The van der Waals surface area contributed by atoms with Crippen molar-refractivity contribution in [2.75, 3.05) is 31.6 Å². The highest BCUT2D eigenvalue weighted by molar-refractivity contribution is 6.33.